The van der Waals surface area contributed by atoms with Crippen molar-refractivity contribution in [2.45, 2.75) is 19.6 Å². The standard InChI is InChI=1S/C11H16N4O2Si/c1-8(18(2,3)7-16)4-15-6-14-9-10(15)12-5-13-11(9)17/h5-6,16H,1,4,7H2,2-3H3,(H,12,13,17). The van der Waals surface area contributed by atoms with Crippen molar-refractivity contribution in [2.24, 2.45) is 0 Å². The molecule has 6 nitrogen and oxygen atoms in total. The first-order chi connectivity index (χ1) is 8.45. The Morgan fingerprint density at radius 1 is 1.56 bits per heavy atom. The Morgan fingerprint density at radius 2 is 2.28 bits per heavy atom. The fourth-order valence-corrected chi connectivity index (χ4v) is 2.36. The second-order valence-corrected chi connectivity index (χ2v) is 9.71. The molecule has 0 aliphatic carbocycles. The van der Waals surface area contributed by atoms with Crippen LogP contribution in [-0.2, 0) is 6.54 Å². The van der Waals surface area contributed by atoms with Gasteiger partial charge in [-0.2, -0.15) is 0 Å². The van der Waals surface area contributed by atoms with E-state index in [4.69, 9.17) is 0 Å². The molecule has 7 heteroatoms. The number of rotatable bonds is 4. The van der Waals surface area contributed by atoms with Gasteiger partial charge in [0.2, 0.25) is 0 Å². The van der Waals surface area contributed by atoms with Crippen LogP contribution in [0.15, 0.2) is 29.2 Å². The summed E-state index contributed by atoms with van der Waals surface area (Å²) in [6, 6.07) is 0. The molecule has 2 heterocycles. The second kappa shape index (κ2) is 4.50. The number of aliphatic hydroxyl groups is 1. The summed E-state index contributed by atoms with van der Waals surface area (Å²) in [5, 5.41) is 10.3. The van der Waals surface area contributed by atoms with Gasteiger partial charge in [0.15, 0.2) is 11.2 Å². The lowest BCUT2D eigenvalue weighted by Gasteiger charge is -2.22. The molecule has 0 amide bonds. The summed E-state index contributed by atoms with van der Waals surface area (Å²) in [6.45, 7) is 8.68. The van der Waals surface area contributed by atoms with E-state index in [1.807, 2.05) is 0 Å². The number of nitrogens with one attached hydrogen (secondary N) is 1. The molecule has 18 heavy (non-hydrogen) atoms. The molecule has 0 unspecified atom stereocenters. The Kier molecular flexibility index (Phi) is 3.18. The minimum absolute atomic E-state index is 0.159. The summed E-state index contributed by atoms with van der Waals surface area (Å²) in [5.41, 5.74) is 0.624. The maximum absolute atomic E-state index is 11.5. The molecule has 96 valence electrons. The molecule has 0 aromatic carbocycles. The molecule has 0 bridgehead atoms. The average molecular weight is 264 g/mol. The van der Waals surface area contributed by atoms with Crippen LogP contribution in [0, 0.1) is 0 Å². The molecule has 0 spiro atoms. The molecule has 0 aliphatic rings. The number of fused-ring (bicyclic) bond motifs is 1. The van der Waals surface area contributed by atoms with Gasteiger partial charge in [0.25, 0.3) is 5.56 Å². The van der Waals surface area contributed by atoms with Gasteiger partial charge in [-0.3, -0.25) is 4.79 Å². The van der Waals surface area contributed by atoms with Gasteiger partial charge in [0.05, 0.1) is 12.7 Å². The average Bonchev–Trinajstić information content (AvgIpc) is 2.74. The summed E-state index contributed by atoms with van der Waals surface area (Å²) >= 11 is 0. The van der Waals surface area contributed by atoms with Crippen LogP contribution in [0.4, 0.5) is 0 Å². The number of aliphatic hydroxyl groups excluding tert-OH is 1. The van der Waals surface area contributed by atoms with Gasteiger partial charge >= 0.3 is 0 Å². The van der Waals surface area contributed by atoms with E-state index in [1.165, 1.54) is 6.33 Å². The second-order valence-electron chi connectivity index (χ2n) is 4.92. The third-order valence-electron chi connectivity index (χ3n) is 3.12. The predicted molar refractivity (Wildman–Crippen MR) is 71.9 cm³/mol. The van der Waals surface area contributed by atoms with E-state index in [-0.39, 0.29) is 11.8 Å². The predicted octanol–water partition coefficient (Wildman–Crippen LogP) is 0.455. The number of imidazole rings is 1. The molecule has 0 aliphatic heterocycles. The maximum Gasteiger partial charge on any atom is 0.278 e. The molecule has 0 radical (unpaired) electrons. The van der Waals surface area contributed by atoms with Crippen LogP contribution >= 0.6 is 0 Å². The summed E-state index contributed by atoms with van der Waals surface area (Å²) in [6.07, 6.45) is 3.10. The van der Waals surface area contributed by atoms with Crippen LogP contribution in [0.5, 0.6) is 0 Å². The molecule has 0 atom stereocenters. The Labute approximate surface area is 105 Å². The van der Waals surface area contributed by atoms with Crippen LogP contribution < -0.4 is 5.56 Å². The van der Waals surface area contributed by atoms with Crippen molar-refractivity contribution in [2.75, 3.05) is 6.23 Å². The van der Waals surface area contributed by atoms with E-state index < -0.39 is 8.07 Å². The van der Waals surface area contributed by atoms with Gasteiger partial charge in [-0.25, -0.2) is 9.97 Å². The van der Waals surface area contributed by atoms with E-state index in [1.54, 1.807) is 10.9 Å². The van der Waals surface area contributed by atoms with Crippen molar-refractivity contribution in [3.8, 4) is 0 Å². The van der Waals surface area contributed by atoms with E-state index in [0.717, 1.165) is 5.20 Å². The van der Waals surface area contributed by atoms with E-state index >= 15 is 0 Å². The van der Waals surface area contributed by atoms with Crippen molar-refractivity contribution < 1.29 is 5.11 Å². The third-order valence-corrected chi connectivity index (χ3v) is 5.98. The SMILES string of the molecule is C=C(Cn1cnc2c(=O)[nH]cnc21)[Si](C)(C)CO. The first-order valence-corrected chi connectivity index (χ1v) is 8.84. The van der Waals surface area contributed by atoms with E-state index in [9.17, 15) is 9.90 Å². The molecule has 2 rings (SSSR count). The molecular formula is C11H16N4O2Si. The smallest absolute Gasteiger partial charge is 0.278 e. The van der Waals surface area contributed by atoms with Gasteiger partial charge in [-0.15, -0.1) is 6.58 Å². The van der Waals surface area contributed by atoms with Gasteiger partial charge in [-0.05, 0) is 0 Å². The highest BCUT2D eigenvalue weighted by atomic mass is 28.3. The zero-order chi connectivity index (χ0) is 13.3. The van der Waals surface area contributed by atoms with Crippen molar-refractivity contribution in [3.05, 3.63) is 34.8 Å². The monoisotopic (exact) mass is 264 g/mol. The molecule has 0 fully saturated rings. The van der Waals surface area contributed by atoms with Crippen molar-refractivity contribution in [1.29, 1.82) is 0 Å². The molecule has 2 N–H and O–H groups in total. The number of nitrogens with zero attached hydrogens (tertiary/aromatic N) is 3. The fourth-order valence-electron chi connectivity index (χ4n) is 1.54. The van der Waals surface area contributed by atoms with Crippen molar-refractivity contribution in [1.82, 2.24) is 19.5 Å². The van der Waals surface area contributed by atoms with Gasteiger partial charge in [0, 0.05) is 12.8 Å². The zero-order valence-corrected chi connectivity index (χ0v) is 11.5. The highest BCUT2D eigenvalue weighted by Crippen LogP contribution is 2.16. The lowest BCUT2D eigenvalue weighted by atomic mass is 10.5. The normalized spacial score (nSPS) is 11.9. The Bertz CT molecular complexity index is 644. The fraction of sp³-hybridized carbons (Fsp3) is 0.364. The van der Waals surface area contributed by atoms with Gasteiger partial charge in [-0.1, -0.05) is 18.3 Å². The van der Waals surface area contributed by atoms with Crippen LogP contribution in [0.3, 0.4) is 0 Å². The quantitative estimate of drug-likeness (QED) is 0.786. The molecule has 0 saturated heterocycles. The topological polar surface area (TPSA) is 83.8 Å². The number of hydrogen-bond acceptors (Lipinski definition) is 4. The summed E-state index contributed by atoms with van der Waals surface area (Å²) in [5.74, 6) is 0. The summed E-state index contributed by atoms with van der Waals surface area (Å²) in [4.78, 5) is 22.2. The first kappa shape index (κ1) is 12.7. The summed E-state index contributed by atoms with van der Waals surface area (Å²) in [7, 11) is -1.84. The first-order valence-electron chi connectivity index (χ1n) is 5.63. The Hall–Kier alpha value is -1.73. The lowest BCUT2D eigenvalue weighted by Crippen LogP contribution is -2.35. The number of H-pyrrole nitrogens is 1. The molecule has 2 aromatic heterocycles. The van der Waals surface area contributed by atoms with Crippen LogP contribution in [-0.4, -0.2) is 38.9 Å². The van der Waals surface area contributed by atoms with Crippen molar-refractivity contribution in [3.63, 3.8) is 0 Å². The van der Waals surface area contributed by atoms with E-state index in [2.05, 4.69) is 34.6 Å². The number of aromatic amines is 1. The minimum atomic E-state index is -1.84. The molecule has 0 saturated carbocycles. The number of allylic oxidation sites excluding steroid dienone is 1. The zero-order valence-electron chi connectivity index (χ0n) is 10.5. The molecular weight excluding hydrogens is 248 g/mol. The number of hydrogen-bond donors (Lipinski definition) is 2. The Morgan fingerprint density at radius 3 is 2.94 bits per heavy atom. The van der Waals surface area contributed by atoms with Crippen LogP contribution in [0.25, 0.3) is 11.2 Å². The highest BCUT2D eigenvalue weighted by molar-refractivity contribution is 6.84. The minimum Gasteiger partial charge on any atom is -0.399 e. The summed E-state index contributed by atoms with van der Waals surface area (Å²) < 4.78 is 1.79. The van der Waals surface area contributed by atoms with E-state index in [0.29, 0.717) is 17.7 Å². The Balaban J connectivity index is 2.37. The van der Waals surface area contributed by atoms with Gasteiger partial charge in [0.1, 0.15) is 8.07 Å². The lowest BCUT2D eigenvalue weighted by molar-refractivity contribution is 0.359. The third kappa shape index (κ3) is 2.14. The van der Waals surface area contributed by atoms with Crippen LogP contribution in [0.2, 0.25) is 13.1 Å². The van der Waals surface area contributed by atoms with Gasteiger partial charge < -0.3 is 14.7 Å². The highest BCUT2D eigenvalue weighted by Gasteiger charge is 2.24. The molecule has 2 aromatic rings. The van der Waals surface area contributed by atoms with Crippen LogP contribution in [0.1, 0.15) is 0 Å². The number of aromatic nitrogens is 4. The maximum atomic E-state index is 11.5. The van der Waals surface area contributed by atoms with Crippen molar-refractivity contribution >= 4 is 19.2 Å². The largest absolute Gasteiger partial charge is 0.399 e.